The van der Waals surface area contributed by atoms with Crippen molar-refractivity contribution in [2.75, 3.05) is 6.54 Å². The molecule has 0 fully saturated rings. The van der Waals surface area contributed by atoms with Gasteiger partial charge in [0.2, 0.25) is 0 Å². The molecule has 0 aliphatic heterocycles. The molecule has 12 heteroatoms. The van der Waals surface area contributed by atoms with E-state index in [1.54, 1.807) is 0 Å². The second kappa shape index (κ2) is 11.1. The number of rotatable bonds is 6. The van der Waals surface area contributed by atoms with Gasteiger partial charge >= 0.3 is 81.6 Å². The molecule has 15 heavy (non-hydrogen) atoms. The average Bonchev–Trinajstić information content (AvgIpc) is 1.81. The molecule has 0 aliphatic carbocycles. The Bertz CT molecular complexity index is 200. The van der Waals surface area contributed by atoms with Crippen LogP contribution in [0.25, 0.3) is 0 Å². The minimum Gasteiger partial charge on any atom is -0.566 e. The van der Waals surface area contributed by atoms with E-state index in [4.69, 9.17) is 10.8 Å². The molecule has 0 rings (SSSR count). The van der Waals surface area contributed by atoms with Crippen LogP contribution >= 0.6 is 16.5 Å². The fraction of sp³-hybridized carbons (Fsp3) is 1.00. The summed E-state index contributed by atoms with van der Waals surface area (Å²) in [5.74, 6) is -2.72. The first kappa shape index (κ1) is 22.2. The molecule has 3 N–H and O–H groups in total. The molecule has 0 amide bonds. The van der Waals surface area contributed by atoms with Crippen molar-refractivity contribution in [3.63, 3.8) is 0 Å². The van der Waals surface area contributed by atoms with Crippen LogP contribution in [-0.4, -0.2) is 17.6 Å². The molecule has 0 spiro atoms. The van der Waals surface area contributed by atoms with E-state index >= 15 is 0 Å². The maximum absolute atomic E-state index is 10.0. The number of nitrogens with two attached hydrogens (primary N) is 1. The summed E-state index contributed by atoms with van der Waals surface area (Å²) in [7, 11) is -6.86. The Morgan fingerprint density at radius 1 is 1.20 bits per heavy atom. The minimum atomic E-state index is -3.43. The van der Waals surface area contributed by atoms with Crippen LogP contribution in [0.4, 0.5) is 0 Å². The van der Waals surface area contributed by atoms with E-state index in [-0.39, 0.29) is 65.7 Å². The Hall–Kier alpha value is 1.96. The number of hydrogen-bond acceptors (Lipinski definition) is 8. The van der Waals surface area contributed by atoms with Crippen LogP contribution in [0.1, 0.15) is 6.42 Å². The SMILES string of the molecule is NCCC(O)(O[P+](=O)[O-])O[P+](=O)[O-].[Na+].[Na+]. The fourth-order valence-electron chi connectivity index (χ4n) is 0.523. The first-order chi connectivity index (χ1) is 5.89. The second-order valence-electron chi connectivity index (χ2n) is 1.88. The summed E-state index contributed by atoms with van der Waals surface area (Å²) in [5.41, 5.74) is 4.95. The predicted molar refractivity (Wildman–Crippen MR) is 36.0 cm³/mol. The molecule has 76 valence electrons. The van der Waals surface area contributed by atoms with Gasteiger partial charge in [0.05, 0.1) is 0 Å². The standard InChI is InChI=1S/C3H7NO7P2.2Na/c4-2-1-3(5,10-12(6)7)11-13(8)9;;/h5H,1-2,4H2;;/q;2*+1. The molecule has 0 saturated carbocycles. The van der Waals surface area contributed by atoms with E-state index in [2.05, 4.69) is 9.05 Å². The zero-order chi connectivity index (χ0) is 10.5. The van der Waals surface area contributed by atoms with Crippen molar-refractivity contribution in [2.24, 2.45) is 5.73 Å². The third-order valence-corrected chi connectivity index (χ3v) is 1.76. The first-order valence-electron chi connectivity index (χ1n) is 2.99. The van der Waals surface area contributed by atoms with Crippen LogP contribution in [0.2, 0.25) is 0 Å². The van der Waals surface area contributed by atoms with Gasteiger partial charge in [0.1, 0.15) is 0 Å². The van der Waals surface area contributed by atoms with Gasteiger partial charge in [-0.2, -0.15) is 0 Å². The predicted octanol–water partition coefficient (Wildman–Crippen LogP) is -7.94. The van der Waals surface area contributed by atoms with E-state index in [1.165, 1.54) is 0 Å². The maximum atomic E-state index is 10.0. The Morgan fingerprint density at radius 3 is 1.73 bits per heavy atom. The van der Waals surface area contributed by atoms with Gasteiger partial charge in [0.25, 0.3) is 0 Å². The van der Waals surface area contributed by atoms with Crippen LogP contribution in [0.3, 0.4) is 0 Å². The second-order valence-corrected chi connectivity index (χ2v) is 3.14. The van der Waals surface area contributed by atoms with Crippen molar-refractivity contribution < 1.29 is 92.2 Å². The van der Waals surface area contributed by atoms with Crippen LogP contribution in [0.5, 0.6) is 0 Å². The van der Waals surface area contributed by atoms with Gasteiger partial charge in [-0.25, -0.2) is 0 Å². The number of hydrogen-bond donors (Lipinski definition) is 2. The summed E-state index contributed by atoms with van der Waals surface area (Å²) < 4.78 is 27.6. The maximum Gasteiger partial charge on any atom is 1.00 e. The Kier molecular flexibility index (Phi) is 16.4. The fourth-order valence-corrected chi connectivity index (χ4v) is 1.31. The van der Waals surface area contributed by atoms with E-state index in [9.17, 15) is 18.9 Å². The number of aliphatic hydroxyl groups is 1. The topological polar surface area (TPSA) is 145 Å². The van der Waals surface area contributed by atoms with Gasteiger partial charge in [-0.15, -0.1) is 0 Å². The molecule has 0 saturated heterocycles. The molecular weight excluding hydrogens is 270 g/mol. The molecule has 0 aliphatic rings. The molecule has 0 radical (unpaired) electrons. The Labute approximate surface area is 132 Å². The Morgan fingerprint density at radius 2 is 1.53 bits per heavy atom. The molecule has 0 heterocycles. The molecule has 0 aromatic carbocycles. The molecular formula is C3H7NNa2O7P2+2. The van der Waals surface area contributed by atoms with Crippen molar-refractivity contribution in [3.8, 4) is 0 Å². The minimum absolute atomic E-state index is 0. The van der Waals surface area contributed by atoms with Crippen molar-refractivity contribution in [1.29, 1.82) is 0 Å². The van der Waals surface area contributed by atoms with Crippen LogP contribution in [-0.2, 0) is 18.2 Å². The van der Waals surface area contributed by atoms with Gasteiger partial charge in [-0.1, -0.05) is 9.05 Å². The van der Waals surface area contributed by atoms with Gasteiger partial charge in [-0.3, -0.25) is 0 Å². The van der Waals surface area contributed by atoms with Crippen molar-refractivity contribution in [2.45, 2.75) is 12.4 Å². The van der Waals surface area contributed by atoms with E-state index < -0.39 is 28.9 Å². The summed E-state index contributed by atoms with van der Waals surface area (Å²) >= 11 is 0. The van der Waals surface area contributed by atoms with Gasteiger partial charge < -0.3 is 20.6 Å². The summed E-state index contributed by atoms with van der Waals surface area (Å²) in [5, 5.41) is 9.06. The molecule has 0 aromatic heterocycles. The van der Waals surface area contributed by atoms with Crippen molar-refractivity contribution in [1.82, 2.24) is 0 Å². The summed E-state index contributed by atoms with van der Waals surface area (Å²) in [6.45, 7) is -0.206. The van der Waals surface area contributed by atoms with Crippen molar-refractivity contribution in [3.05, 3.63) is 0 Å². The molecule has 2 unspecified atom stereocenters. The largest absolute Gasteiger partial charge is 1.00 e. The zero-order valence-electron chi connectivity index (χ0n) is 8.28. The zero-order valence-corrected chi connectivity index (χ0v) is 14.1. The summed E-state index contributed by atoms with van der Waals surface area (Å²) in [6, 6.07) is 0. The van der Waals surface area contributed by atoms with E-state index in [0.29, 0.717) is 0 Å². The Balaban J connectivity index is -0.000000720. The van der Waals surface area contributed by atoms with Crippen LogP contribution < -0.4 is 74.6 Å². The molecule has 2 atom stereocenters. The quantitative estimate of drug-likeness (QED) is 0.276. The molecule has 8 nitrogen and oxygen atoms in total. The third kappa shape index (κ3) is 12.2. The van der Waals surface area contributed by atoms with Crippen LogP contribution in [0, 0.1) is 0 Å². The van der Waals surface area contributed by atoms with Crippen molar-refractivity contribution >= 4 is 16.5 Å². The molecule has 0 bridgehead atoms. The van der Waals surface area contributed by atoms with E-state index in [1.807, 2.05) is 0 Å². The third-order valence-electron chi connectivity index (χ3n) is 0.895. The average molecular weight is 277 g/mol. The van der Waals surface area contributed by atoms with E-state index in [0.717, 1.165) is 0 Å². The molecule has 0 aromatic rings. The van der Waals surface area contributed by atoms with Gasteiger partial charge in [0.15, 0.2) is 0 Å². The normalized spacial score (nSPS) is 15.5. The summed E-state index contributed by atoms with van der Waals surface area (Å²) in [6.07, 6.45) is -0.486. The van der Waals surface area contributed by atoms with Gasteiger partial charge in [-0.05, 0) is 9.13 Å². The monoisotopic (exact) mass is 277 g/mol. The first-order valence-corrected chi connectivity index (χ1v) is 5.18. The summed E-state index contributed by atoms with van der Waals surface area (Å²) in [4.78, 5) is 20.0. The smallest absolute Gasteiger partial charge is 0.566 e. The van der Waals surface area contributed by atoms with Gasteiger partial charge in [0, 0.05) is 13.0 Å². The van der Waals surface area contributed by atoms with Crippen LogP contribution in [0.15, 0.2) is 0 Å².